The Hall–Kier alpha value is -2.20. The fourth-order valence-corrected chi connectivity index (χ4v) is 5.38. The molecule has 2 heterocycles. The number of benzene rings is 1. The minimum absolute atomic E-state index is 0.101. The molecule has 0 bridgehead atoms. The van der Waals surface area contributed by atoms with Crippen LogP contribution in [-0.4, -0.2) is 52.2 Å². The number of rotatable bonds is 7. The van der Waals surface area contributed by atoms with Gasteiger partial charge in [0.25, 0.3) is 5.91 Å². The van der Waals surface area contributed by atoms with Crippen molar-refractivity contribution in [2.75, 3.05) is 24.7 Å². The van der Waals surface area contributed by atoms with E-state index in [1.54, 1.807) is 18.0 Å². The molecule has 10 heteroatoms. The number of thioether (sulfide) groups is 1. The summed E-state index contributed by atoms with van der Waals surface area (Å²) >= 11 is 1.65. The molecule has 1 aromatic carbocycles. The molecule has 1 aliphatic carbocycles. The number of nitrogens with two attached hydrogens (primary N) is 1. The van der Waals surface area contributed by atoms with Crippen LogP contribution in [0, 0.1) is 5.92 Å². The Labute approximate surface area is 223 Å². The molecule has 1 aliphatic heterocycles. The lowest BCUT2D eigenvalue weighted by molar-refractivity contribution is -0.215. The van der Waals surface area contributed by atoms with Crippen LogP contribution in [0.2, 0.25) is 0 Å². The Bertz CT molecular complexity index is 979. The van der Waals surface area contributed by atoms with Crippen molar-refractivity contribution in [3.63, 3.8) is 0 Å². The fourth-order valence-electron chi connectivity index (χ4n) is 4.97. The number of nitrogens with one attached hydrogen (secondary N) is 1. The average molecular weight is 542 g/mol. The summed E-state index contributed by atoms with van der Waals surface area (Å²) in [5.74, 6) is -1.33. The molecule has 37 heavy (non-hydrogen) atoms. The standard InChI is InChI=1S/C23H30F3N5OS.2C2H6/c1-3-22(10-8-17(9-11-22)30-12-15(13-30)23(24,25)26)31-14-19(20(27)32)21(29-31)28-16-4-6-18(33-2)7-5-16;2*1-2/h4-7,14-15,17H,3,8-13H2,1-2H3,(H2,27,32)(H,28,29);2*1-2H3. The maximum Gasteiger partial charge on any atom is 0.394 e. The number of likely N-dealkylation sites (tertiary alicyclic amines) is 1. The van der Waals surface area contributed by atoms with Crippen molar-refractivity contribution in [1.82, 2.24) is 14.7 Å². The smallest absolute Gasteiger partial charge is 0.365 e. The van der Waals surface area contributed by atoms with Crippen LogP contribution < -0.4 is 11.1 Å². The number of hydrogen-bond acceptors (Lipinski definition) is 5. The number of hydrogen-bond donors (Lipinski definition) is 2. The Balaban J connectivity index is 0.00000115. The Morgan fingerprint density at radius 1 is 1.14 bits per heavy atom. The molecule has 1 amide bonds. The van der Waals surface area contributed by atoms with Crippen LogP contribution in [0.3, 0.4) is 0 Å². The van der Waals surface area contributed by atoms with E-state index >= 15 is 0 Å². The molecule has 4 rings (SSSR count). The first-order valence-electron chi connectivity index (χ1n) is 13.3. The summed E-state index contributed by atoms with van der Waals surface area (Å²) in [6, 6.07) is 8.00. The normalized spacial score (nSPS) is 22.1. The SMILES string of the molecule is CC.CC.CCC1(n2cc(C(N)=O)c(Nc3ccc(SC)cc3)n2)CCC(N2CC(C(F)(F)F)C2)CC1. The summed E-state index contributed by atoms with van der Waals surface area (Å²) in [4.78, 5) is 15.2. The topological polar surface area (TPSA) is 76.2 Å². The third kappa shape index (κ3) is 7.22. The lowest BCUT2D eigenvalue weighted by Crippen LogP contribution is -2.58. The van der Waals surface area contributed by atoms with E-state index in [1.807, 2.05) is 67.8 Å². The van der Waals surface area contributed by atoms with Crippen LogP contribution >= 0.6 is 11.8 Å². The van der Waals surface area contributed by atoms with E-state index in [1.165, 1.54) is 0 Å². The van der Waals surface area contributed by atoms with Gasteiger partial charge in [-0.25, -0.2) is 0 Å². The van der Waals surface area contributed by atoms with Gasteiger partial charge in [-0.2, -0.15) is 18.3 Å². The lowest BCUT2D eigenvalue weighted by atomic mass is 9.76. The van der Waals surface area contributed by atoms with Gasteiger partial charge in [-0.15, -0.1) is 11.8 Å². The molecule has 0 unspecified atom stereocenters. The Kier molecular flexibility index (Phi) is 11.4. The summed E-state index contributed by atoms with van der Waals surface area (Å²) < 4.78 is 40.4. The summed E-state index contributed by atoms with van der Waals surface area (Å²) in [7, 11) is 0. The van der Waals surface area contributed by atoms with Gasteiger partial charge in [-0.1, -0.05) is 34.6 Å². The third-order valence-corrected chi connectivity index (χ3v) is 8.00. The number of alkyl halides is 3. The molecule has 1 saturated carbocycles. The minimum atomic E-state index is -4.10. The van der Waals surface area contributed by atoms with Crippen LogP contribution in [0.25, 0.3) is 0 Å². The van der Waals surface area contributed by atoms with Gasteiger partial charge in [-0.3, -0.25) is 14.4 Å². The molecule has 1 aromatic heterocycles. The first-order valence-corrected chi connectivity index (χ1v) is 14.5. The highest BCUT2D eigenvalue weighted by molar-refractivity contribution is 7.98. The summed E-state index contributed by atoms with van der Waals surface area (Å²) in [5, 5.41) is 7.93. The molecule has 3 N–H and O–H groups in total. The van der Waals surface area contributed by atoms with E-state index in [4.69, 9.17) is 10.8 Å². The highest BCUT2D eigenvalue weighted by atomic mass is 32.2. The average Bonchev–Trinajstić information content (AvgIpc) is 3.30. The van der Waals surface area contributed by atoms with Gasteiger partial charge >= 0.3 is 6.18 Å². The van der Waals surface area contributed by atoms with Gasteiger partial charge in [-0.05, 0) is 62.6 Å². The number of nitrogens with zero attached hydrogens (tertiary/aromatic N) is 3. The second kappa shape index (κ2) is 13.6. The lowest BCUT2D eigenvalue weighted by Gasteiger charge is -2.49. The number of primary amides is 1. The molecular weight excluding hydrogens is 499 g/mol. The van der Waals surface area contributed by atoms with Gasteiger partial charge in [0.15, 0.2) is 5.82 Å². The zero-order chi connectivity index (χ0) is 27.8. The Morgan fingerprint density at radius 2 is 1.70 bits per heavy atom. The first kappa shape index (κ1) is 31.0. The highest BCUT2D eigenvalue weighted by Gasteiger charge is 2.50. The fraction of sp³-hybridized carbons (Fsp3) is 0.630. The Morgan fingerprint density at radius 3 is 2.16 bits per heavy atom. The quantitative estimate of drug-likeness (QED) is 0.368. The summed E-state index contributed by atoms with van der Waals surface area (Å²) in [6.07, 6.45) is 3.64. The van der Waals surface area contributed by atoms with E-state index in [0.717, 1.165) is 42.7 Å². The number of halogens is 3. The van der Waals surface area contributed by atoms with Crippen molar-refractivity contribution < 1.29 is 18.0 Å². The molecule has 2 aromatic rings. The minimum Gasteiger partial charge on any atom is -0.365 e. The van der Waals surface area contributed by atoms with Crippen LogP contribution in [-0.2, 0) is 5.54 Å². The van der Waals surface area contributed by atoms with E-state index in [0.29, 0.717) is 11.4 Å². The predicted molar refractivity (Wildman–Crippen MR) is 147 cm³/mol. The van der Waals surface area contributed by atoms with Gasteiger partial charge in [0.1, 0.15) is 5.56 Å². The molecule has 2 aliphatic rings. The van der Waals surface area contributed by atoms with Gasteiger partial charge < -0.3 is 11.1 Å². The highest BCUT2D eigenvalue weighted by Crippen LogP contribution is 2.43. The third-order valence-electron chi connectivity index (χ3n) is 7.25. The zero-order valence-electron chi connectivity index (χ0n) is 22.9. The molecule has 0 spiro atoms. The van der Waals surface area contributed by atoms with Crippen molar-refractivity contribution >= 4 is 29.2 Å². The molecule has 208 valence electrons. The second-order valence-corrected chi connectivity index (χ2v) is 9.93. The molecule has 1 saturated heterocycles. The monoisotopic (exact) mass is 541 g/mol. The van der Waals surface area contributed by atoms with Crippen LogP contribution in [0.5, 0.6) is 0 Å². The molecule has 0 atom stereocenters. The van der Waals surface area contributed by atoms with Crippen molar-refractivity contribution in [3.8, 4) is 0 Å². The summed E-state index contributed by atoms with van der Waals surface area (Å²) in [5.41, 5.74) is 6.50. The number of carbonyl (C=O) groups is 1. The second-order valence-electron chi connectivity index (χ2n) is 9.06. The number of anilines is 2. The van der Waals surface area contributed by atoms with Crippen molar-refractivity contribution in [3.05, 3.63) is 36.0 Å². The van der Waals surface area contributed by atoms with Crippen LogP contribution in [0.4, 0.5) is 24.7 Å². The molecule has 6 nitrogen and oxygen atoms in total. The zero-order valence-corrected chi connectivity index (χ0v) is 23.7. The summed E-state index contributed by atoms with van der Waals surface area (Å²) in [6.45, 7) is 10.3. The maximum absolute atomic E-state index is 12.9. The van der Waals surface area contributed by atoms with Crippen LogP contribution in [0.15, 0.2) is 35.4 Å². The van der Waals surface area contributed by atoms with Crippen molar-refractivity contribution in [2.45, 2.75) is 89.4 Å². The van der Waals surface area contributed by atoms with Gasteiger partial charge in [0.05, 0.1) is 11.5 Å². The van der Waals surface area contributed by atoms with Crippen molar-refractivity contribution in [1.29, 1.82) is 0 Å². The van der Waals surface area contributed by atoms with E-state index in [2.05, 4.69) is 12.2 Å². The number of carbonyl (C=O) groups excluding carboxylic acids is 1. The maximum atomic E-state index is 12.9. The number of amides is 1. The molecule has 0 radical (unpaired) electrons. The predicted octanol–water partition coefficient (Wildman–Crippen LogP) is 7.04. The first-order chi connectivity index (χ1) is 17.6. The number of aromatic nitrogens is 2. The van der Waals surface area contributed by atoms with E-state index in [-0.39, 0.29) is 24.7 Å². The van der Waals surface area contributed by atoms with E-state index in [9.17, 15) is 18.0 Å². The van der Waals surface area contributed by atoms with Gasteiger partial charge in [0.2, 0.25) is 0 Å². The van der Waals surface area contributed by atoms with Gasteiger partial charge in [0, 0.05) is 35.9 Å². The molecular formula is C27H42F3N5OS. The molecule has 2 fully saturated rings. The van der Waals surface area contributed by atoms with Crippen molar-refractivity contribution in [2.24, 2.45) is 11.7 Å². The van der Waals surface area contributed by atoms with Crippen LogP contribution in [0.1, 0.15) is 77.1 Å². The largest absolute Gasteiger partial charge is 0.394 e. The van der Waals surface area contributed by atoms with E-state index < -0.39 is 18.0 Å².